The van der Waals surface area contributed by atoms with Crippen LogP contribution in [-0.2, 0) is 18.3 Å². The first-order valence-electron chi connectivity index (χ1n) is 10.7. The number of aliphatic imine (C=N–C) groups is 1. The summed E-state index contributed by atoms with van der Waals surface area (Å²) in [5.41, 5.74) is 0.329. The number of hydrogen-bond donors (Lipinski definition) is 2. The molecule has 4 rings (SSSR count). The zero-order chi connectivity index (χ0) is 18.9. The van der Waals surface area contributed by atoms with Gasteiger partial charge in [-0.3, -0.25) is 0 Å². The highest BCUT2D eigenvalue weighted by molar-refractivity contribution is 14.0. The van der Waals surface area contributed by atoms with E-state index in [1.807, 2.05) is 18.5 Å². The summed E-state index contributed by atoms with van der Waals surface area (Å²) in [6, 6.07) is 1.01. The van der Waals surface area contributed by atoms with Gasteiger partial charge in [0.15, 0.2) is 11.8 Å². The number of halogens is 1. The predicted molar refractivity (Wildman–Crippen MR) is 121 cm³/mol. The SMILES string of the molecule is CCOC1CC(NC(=NCc2nnc(C)n2C)NC2CCCC2)C12CCC2.I. The lowest BCUT2D eigenvalue weighted by Crippen LogP contribution is -2.69. The second-order valence-corrected chi connectivity index (χ2v) is 8.48. The van der Waals surface area contributed by atoms with Crippen LogP contribution < -0.4 is 10.6 Å². The number of hydrogen-bond acceptors (Lipinski definition) is 4. The van der Waals surface area contributed by atoms with Crippen LogP contribution in [0.2, 0.25) is 0 Å². The molecule has 3 aliphatic rings. The van der Waals surface area contributed by atoms with Crippen molar-refractivity contribution in [3.63, 3.8) is 0 Å². The first-order valence-corrected chi connectivity index (χ1v) is 10.7. The van der Waals surface area contributed by atoms with E-state index in [2.05, 4.69) is 27.8 Å². The highest BCUT2D eigenvalue weighted by Crippen LogP contribution is 2.57. The summed E-state index contributed by atoms with van der Waals surface area (Å²) < 4.78 is 8.02. The number of nitrogens with one attached hydrogen (secondary N) is 2. The van der Waals surface area contributed by atoms with Gasteiger partial charge < -0.3 is 19.9 Å². The molecule has 1 aromatic rings. The summed E-state index contributed by atoms with van der Waals surface area (Å²) in [7, 11) is 2.00. The van der Waals surface area contributed by atoms with Crippen LogP contribution in [0.1, 0.15) is 69.9 Å². The Morgan fingerprint density at radius 3 is 2.54 bits per heavy atom. The van der Waals surface area contributed by atoms with Gasteiger partial charge in [0.2, 0.25) is 0 Å². The molecule has 2 unspecified atom stereocenters. The molecule has 3 fully saturated rings. The molecule has 7 nitrogen and oxygen atoms in total. The number of aryl methyl sites for hydroxylation is 1. The molecule has 2 N–H and O–H groups in total. The summed E-state index contributed by atoms with van der Waals surface area (Å²) in [5, 5.41) is 15.8. The van der Waals surface area contributed by atoms with Gasteiger partial charge in [-0.05, 0) is 46.0 Å². The maximum Gasteiger partial charge on any atom is 0.192 e. The zero-order valence-electron chi connectivity index (χ0n) is 17.4. The highest BCUT2D eigenvalue weighted by atomic mass is 127. The van der Waals surface area contributed by atoms with E-state index in [1.165, 1.54) is 44.9 Å². The van der Waals surface area contributed by atoms with Crippen LogP contribution in [0.5, 0.6) is 0 Å². The van der Waals surface area contributed by atoms with Crippen molar-refractivity contribution in [1.29, 1.82) is 0 Å². The van der Waals surface area contributed by atoms with Crippen molar-refractivity contribution in [3.05, 3.63) is 11.6 Å². The van der Waals surface area contributed by atoms with Crippen LogP contribution in [0.3, 0.4) is 0 Å². The molecule has 3 saturated carbocycles. The fourth-order valence-electron chi connectivity index (χ4n) is 4.94. The Bertz CT molecular complexity index is 680. The van der Waals surface area contributed by atoms with Gasteiger partial charge in [-0.25, -0.2) is 4.99 Å². The van der Waals surface area contributed by atoms with E-state index in [1.54, 1.807) is 0 Å². The van der Waals surface area contributed by atoms with Crippen LogP contribution in [-0.4, -0.2) is 45.5 Å². The van der Waals surface area contributed by atoms with Crippen molar-refractivity contribution in [1.82, 2.24) is 25.4 Å². The first kappa shape index (κ1) is 21.8. The quantitative estimate of drug-likeness (QED) is 0.355. The Labute approximate surface area is 185 Å². The normalized spacial score (nSPS) is 26.5. The van der Waals surface area contributed by atoms with Crippen molar-refractivity contribution in [2.24, 2.45) is 17.5 Å². The minimum Gasteiger partial charge on any atom is -0.378 e. The van der Waals surface area contributed by atoms with E-state index in [9.17, 15) is 0 Å². The molecular weight excluding hydrogens is 467 g/mol. The average Bonchev–Trinajstić information content (AvgIpc) is 3.21. The van der Waals surface area contributed by atoms with Gasteiger partial charge in [0.25, 0.3) is 0 Å². The van der Waals surface area contributed by atoms with E-state index in [0.717, 1.165) is 30.6 Å². The Balaban J connectivity index is 0.00000225. The van der Waals surface area contributed by atoms with Crippen molar-refractivity contribution in [2.45, 2.75) is 89.9 Å². The Kier molecular flexibility index (Phi) is 7.22. The summed E-state index contributed by atoms with van der Waals surface area (Å²) in [6.07, 6.45) is 10.5. The zero-order valence-corrected chi connectivity index (χ0v) is 19.7. The topological polar surface area (TPSA) is 76.4 Å². The third-order valence-electron chi connectivity index (χ3n) is 7.01. The minimum absolute atomic E-state index is 0. The van der Waals surface area contributed by atoms with E-state index < -0.39 is 0 Å². The monoisotopic (exact) mass is 502 g/mol. The van der Waals surface area contributed by atoms with Gasteiger partial charge in [0.05, 0.1) is 6.10 Å². The van der Waals surface area contributed by atoms with E-state index >= 15 is 0 Å². The molecule has 2 atom stereocenters. The fourth-order valence-corrected chi connectivity index (χ4v) is 4.94. The molecule has 1 aromatic heterocycles. The number of ether oxygens (including phenoxy) is 1. The molecule has 28 heavy (non-hydrogen) atoms. The molecular formula is C20H35IN6O. The third kappa shape index (κ3) is 4.17. The summed E-state index contributed by atoms with van der Waals surface area (Å²) >= 11 is 0. The van der Waals surface area contributed by atoms with E-state index in [4.69, 9.17) is 9.73 Å². The Morgan fingerprint density at radius 2 is 1.96 bits per heavy atom. The first-order chi connectivity index (χ1) is 13.1. The number of aromatic nitrogens is 3. The molecule has 0 aromatic carbocycles. The van der Waals surface area contributed by atoms with Gasteiger partial charge in [-0.1, -0.05) is 19.3 Å². The molecule has 0 amide bonds. The van der Waals surface area contributed by atoms with Crippen LogP contribution in [0, 0.1) is 12.3 Å². The van der Waals surface area contributed by atoms with Crippen molar-refractivity contribution < 1.29 is 4.74 Å². The van der Waals surface area contributed by atoms with E-state index in [0.29, 0.717) is 30.1 Å². The van der Waals surface area contributed by atoms with Crippen molar-refractivity contribution in [3.8, 4) is 0 Å². The molecule has 0 bridgehead atoms. The maximum atomic E-state index is 6.01. The van der Waals surface area contributed by atoms with Crippen LogP contribution >= 0.6 is 24.0 Å². The maximum absolute atomic E-state index is 6.01. The number of nitrogens with zero attached hydrogens (tertiary/aromatic N) is 4. The van der Waals surface area contributed by atoms with Gasteiger partial charge in [-0.2, -0.15) is 0 Å². The van der Waals surface area contributed by atoms with Gasteiger partial charge in [-0.15, -0.1) is 34.2 Å². The third-order valence-corrected chi connectivity index (χ3v) is 7.01. The largest absolute Gasteiger partial charge is 0.378 e. The standard InChI is InChI=1S/C20H34N6O.HI/c1-4-27-17-12-16(20(17)10-7-11-20)23-19(22-15-8-5-6-9-15)21-13-18-25-24-14(2)26(18)3;/h15-17H,4-13H2,1-3H3,(H2,21,22,23);1H. The smallest absolute Gasteiger partial charge is 0.192 e. The van der Waals surface area contributed by atoms with Crippen LogP contribution in [0.15, 0.2) is 4.99 Å². The highest BCUT2D eigenvalue weighted by Gasteiger charge is 2.59. The fraction of sp³-hybridized carbons (Fsp3) is 0.850. The Hall–Kier alpha value is -0.900. The van der Waals surface area contributed by atoms with Crippen molar-refractivity contribution in [2.75, 3.05) is 6.61 Å². The molecule has 158 valence electrons. The molecule has 8 heteroatoms. The molecule has 0 saturated heterocycles. The minimum atomic E-state index is 0. The second-order valence-electron chi connectivity index (χ2n) is 8.48. The lowest BCUT2D eigenvalue weighted by atomic mass is 9.51. The van der Waals surface area contributed by atoms with Crippen LogP contribution in [0.4, 0.5) is 0 Å². The predicted octanol–water partition coefficient (Wildman–Crippen LogP) is 3.07. The van der Waals surface area contributed by atoms with Crippen LogP contribution in [0.25, 0.3) is 0 Å². The molecule has 0 aliphatic heterocycles. The van der Waals surface area contributed by atoms with Crippen molar-refractivity contribution >= 4 is 29.9 Å². The molecule has 3 aliphatic carbocycles. The second kappa shape index (κ2) is 9.28. The summed E-state index contributed by atoms with van der Waals surface area (Å²) in [5.74, 6) is 2.76. The van der Waals surface area contributed by atoms with Gasteiger partial charge >= 0.3 is 0 Å². The number of rotatable bonds is 6. The van der Waals surface area contributed by atoms with E-state index in [-0.39, 0.29) is 24.0 Å². The molecule has 0 radical (unpaired) electrons. The summed E-state index contributed by atoms with van der Waals surface area (Å²) in [6.45, 7) is 5.43. The lowest BCUT2D eigenvalue weighted by molar-refractivity contribution is -0.168. The molecule has 1 spiro atoms. The lowest BCUT2D eigenvalue weighted by Gasteiger charge is -2.61. The van der Waals surface area contributed by atoms with Gasteiger partial charge in [0, 0.05) is 31.2 Å². The molecule has 1 heterocycles. The van der Waals surface area contributed by atoms with Gasteiger partial charge in [0.1, 0.15) is 12.4 Å². The Morgan fingerprint density at radius 1 is 1.21 bits per heavy atom. The summed E-state index contributed by atoms with van der Waals surface area (Å²) in [4.78, 5) is 4.88. The average molecular weight is 502 g/mol. The number of guanidine groups is 1.